The zero-order valence-corrected chi connectivity index (χ0v) is 15.3. The molecule has 0 aromatic carbocycles. The van der Waals surface area contributed by atoms with Gasteiger partial charge in [0.25, 0.3) is 5.91 Å². The molecule has 0 aliphatic carbocycles. The maximum Gasteiger partial charge on any atom is 0.253 e. The quantitative estimate of drug-likeness (QED) is 0.791. The normalized spacial score (nSPS) is 26.4. The molecule has 2 saturated heterocycles. The van der Waals surface area contributed by atoms with Crippen molar-refractivity contribution in [3.63, 3.8) is 0 Å². The molecule has 142 valence electrons. The fourth-order valence-electron chi connectivity index (χ4n) is 4.65. The molecule has 27 heavy (non-hydrogen) atoms. The van der Waals surface area contributed by atoms with Gasteiger partial charge in [-0.3, -0.25) is 14.7 Å². The Morgan fingerprint density at radius 3 is 2.74 bits per heavy atom. The lowest BCUT2D eigenvalue weighted by molar-refractivity contribution is -0.0757. The molecule has 0 radical (unpaired) electrons. The van der Waals surface area contributed by atoms with E-state index in [1.165, 1.54) is 0 Å². The number of ether oxygens (including phenoxy) is 1. The average molecular weight is 368 g/mol. The van der Waals surface area contributed by atoms with Crippen LogP contribution in [0.1, 0.15) is 41.4 Å². The van der Waals surface area contributed by atoms with E-state index in [1.807, 2.05) is 4.90 Å². The molecule has 0 bridgehead atoms. The predicted octanol–water partition coefficient (Wildman–Crippen LogP) is 1.12. The fraction of sp³-hybridized carbons (Fsp3) is 0.579. The van der Waals surface area contributed by atoms with E-state index < -0.39 is 0 Å². The van der Waals surface area contributed by atoms with Crippen LogP contribution in [0.5, 0.6) is 0 Å². The molecular formula is C19H24N6O2. The highest BCUT2D eigenvalue weighted by Gasteiger charge is 2.39. The zero-order valence-electron chi connectivity index (χ0n) is 15.3. The highest BCUT2D eigenvalue weighted by Crippen LogP contribution is 2.32. The molecule has 5 heterocycles. The summed E-state index contributed by atoms with van der Waals surface area (Å²) in [5.74, 6) is 0.113. The summed E-state index contributed by atoms with van der Waals surface area (Å²) in [5, 5.41) is 8.35. The highest BCUT2D eigenvalue weighted by atomic mass is 16.5. The van der Waals surface area contributed by atoms with Crippen LogP contribution in [-0.2, 0) is 11.3 Å². The fourth-order valence-corrected chi connectivity index (χ4v) is 4.65. The van der Waals surface area contributed by atoms with Crippen LogP contribution in [0.15, 0.2) is 30.7 Å². The number of piperidine rings is 2. The van der Waals surface area contributed by atoms with Crippen LogP contribution in [0.25, 0.3) is 0 Å². The van der Waals surface area contributed by atoms with Gasteiger partial charge in [-0.1, -0.05) is 5.21 Å². The molecule has 3 aliphatic heterocycles. The minimum absolute atomic E-state index is 0.113. The Hall–Kier alpha value is -2.32. The van der Waals surface area contributed by atoms with Gasteiger partial charge in [-0.05, 0) is 31.4 Å². The molecule has 0 saturated carbocycles. The van der Waals surface area contributed by atoms with E-state index in [0.29, 0.717) is 12.6 Å². The first kappa shape index (κ1) is 16.8. The van der Waals surface area contributed by atoms with Crippen molar-refractivity contribution in [3.05, 3.63) is 42.0 Å². The lowest BCUT2D eigenvalue weighted by Crippen LogP contribution is -2.54. The van der Waals surface area contributed by atoms with E-state index in [2.05, 4.69) is 24.9 Å². The SMILES string of the molecule is O=C(c1ccncc1)N1CCC(N2CC[C@@H]3OCc4cnnn4[C@@H]3C2)CC1. The van der Waals surface area contributed by atoms with Crippen molar-refractivity contribution < 1.29 is 9.53 Å². The summed E-state index contributed by atoms with van der Waals surface area (Å²) in [4.78, 5) is 21.2. The number of pyridine rings is 1. The molecule has 0 N–H and O–H groups in total. The lowest BCUT2D eigenvalue weighted by Gasteiger charge is -2.46. The topological polar surface area (TPSA) is 76.4 Å². The molecule has 2 aromatic heterocycles. The van der Waals surface area contributed by atoms with Crippen LogP contribution in [0.3, 0.4) is 0 Å². The van der Waals surface area contributed by atoms with Gasteiger partial charge < -0.3 is 9.64 Å². The zero-order chi connectivity index (χ0) is 18.2. The Balaban J connectivity index is 1.21. The smallest absolute Gasteiger partial charge is 0.253 e. The number of likely N-dealkylation sites (tertiary alicyclic amines) is 2. The van der Waals surface area contributed by atoms with Crippen LogP contribution < -0.4 is 0 Å². The number of carbonyl (C=O) groups excluding carboxylic acids is 1. The third kappa shape index (κ3) is 3.12. The van der Waals surface area contributed by atoms with Gasteiger partial charge in [0.2, 0.25) is 0 Å². The number of hydrogen-bond donors (Lipinski definition) is 0. The summed E-state index contributed by atoms with van der Waals surface area (Å²) in [5.41, 5.74) is 1.79. The first-order valence-electron chi connectivity index (χ1n) is 9.73. The van der Waals surface area contributed by atoms with Crippen LogP contribution >= 0.6 is 0 Å². The van der Waals surface area contributed by atoms with Crippen molar-refractivity contribution in [2.75, 3.05) is 26.2 Å². The van der Waals surface area contributed by atoms with Crippen molar-refractivity contribution in [1.29, 1.82) is 0 Å². The molecule has 5 rings (SSSR count). The van der Waals surface area contributed by atoms with E-state index in [0.717, 1.165) is 56.7 Å². The molecule has 2 aromatic rings. The number of amides is 1. The minimum atomic E-state index is 0.113. The van der Waals surface area contributed by atoms with Crippen LogP contribution in [-0.4, -0.2) is 74.0 Å². The summed E-state index contributed by atoms with van der Waals surface area (Å²) in [7, 11) is 0. The molecule has 0 unspecified atom stereocenters. The van der Waals surface area contributed by atoms with E-state index in [1.54, 1.807) is 30.7 Å². The van der Waals surface area contributed by atoms with E-state index in [-0.39, 0.29) is 18.1 Å². The number of fused-ring (bicyclic) bond motifs is 3. The van der Waals surface area contributed by atoms with Gasteiger partial charge in [0.1, 0.15) is 0 Å². The van der Waals surface area contributed by atoms with Crippen molar-refractivity contribution in [2.45, 2.75) is 44.1 Å². The molecule has 0 spiro atoms. The largest absolute Gasteiger partial charge is 0.370 e. The summed E-state index contributed by atoms with van der Waals surface area (Å²) in [6.45, 7) is 4.23. The molecule has 8 nitrogen and oxygen atoms in total. The van der Waals surface area contributed by atoms with E-state index in [9.17, 15) is 4.79 Å². The van der Waals surface area contributed by atoms with Gasteiger partial charge in [-0.25, -0.2) is 4.68 Å². The Labute approximate surface area is 158 Å². The second-order valence-electron chi connectivity index (χ2n) is 7.63. The third-order valence-electron chi connectivity index (χ3n) is 6.16. The van der Waals surface area contributed by atoms with Gasteiger partial charge in [0, 0.05) is 50.2 Å². The number of carbonyl (C=O) groups is 1. The number of nitrogens with zero attached hydrogens (tertiary/aromatic N) is 6. The Morgan fingerprint density at radius 1 is 1.11 bits per heavy atom. The summed E-state index contributed by atoms with van der Waals surface area (Å²) in [6.07, 6.45) is 8.45. The Kier molecular flexibility index (Phi) is 4.37. The van der Waals surface area contributed by atoms with Crippen LogP contribution in [0, 0.1) is 0 Å². The van der Waals surface area contributed by atoms with E-state index in [4.69, 9.17) is 4.74 Å². The van der Waals surface area contributed by atoms with Crippen LogP contribution in [0.2, 0.25) is 0 Å². The molecule has 8 heteroatoms. The van der Waals surface area contributed by atoms with Gasteiger partial charge in [0.15, 0.2) is 0 Å². The Morgan fingerprint density at radius 2 is 1.93 bits per heavy atom. The highest BCUT2D eigenvalue weighted by molar-refractivity contribution is 5.94. The maximum atomic E-state index is 12.6. The number of rotatable bonds is 2. The first-order valence-corrected chi connectivity index (χ1v) is 9.73. The predicted molar refractivity (Wildman–Crippen MR) is 97.0 cm³/mol. The van der Waals surface area contributed by atoms with Crippen molar-refractivity contribution >= 4 is 5.91 Å². The van der Waals surface area contributed by atoms with Crippen molar-refractivity contribution in [1.82, 2.24) is 29.8 Å². The van der Waals surface area contributed by atoms with Gasteiger partial charge >= 0.3 is 0 Å². The lowest BCUT2D eigenvalue weighted by atomic mass is 9.95. The average Bonchev–Trinajstić information content (AvgIpc) is 3.23. The van der Waals surface area contributed by atoms with Crippen molar-refractivity contribution in [2.24, 2.45) is 0 Å². The number of aromatic nitrogens is 4. The van der Waals surface area contributed by atoms with Gasteiger partial charge in [-0.15, -0.1) is 5.10 Å². The summed E-state index contributed by atoms with van der Waals surface area (Å²) < 4.78 is 8.07. The second-order valence-corrected chi connectivity index (χ2v) is 7.63. The second kappa shape index (κ2) is 7.01. The molecule has 1 amide bonds. The standard InChI is InChI=1S/C19H24N6O2/c26-19(14-1-6-20-7-2-14)23-8-3-15(4-9-23)24-10-5-18-17(12-24)25-16(13-27-18)11-21-22-25/h1-2,6-7,11,15,17-18H,3-5,8-10,12-13H2/t17-,18+/m1/s1. The monoisotopic (exact) mass is 368 g/mol. The maximum absolute atomic E-state index is 12.6. The van der Waals surface area contributed by atoms with Gasteiger partial charge in [-0.2, -0.15) is 0 Å². The summed E-state index contributed by atoms with van der Waals surface area (Å²) >= 11 is 0. The summed E-state index contributed by atoms with van der Waals surface area (Å²) in [6, 6.07) is 4.35. The van der Waals surface area contributed by atoms with Gasteiger partial charge in [0.05, 0.1) is 30.6 Å². The van der Waals surface area contributed by atoms with E-state index >= 15 is 0 Å². The first-order chi connectivity index (χ1) is 13.3. The molecule has 2 fully saturated rings. The van der Waals surface area contributed by atoms with Crippen LogP contribution in [0.4, 0.5) is 0 Å². The number of hydrogen-bond acceptors (Lipinski definition) is 6. The molecule has 3 aliphatic rings. The van der Waals surface area contributed by atoms with Crippen molar-refractivity contribution in [3.8, 4) is 0 Å². The Bertz CT molecular complexity index is 802. The molecule has 2 atom stereocenters. The third-order valence-corrected chi connectivity index (χ3v) is 6.16. The molecular weight excluding hydrogens is 344 g/mol. The minimum Gasteiger partial charge on any atom is -0.370 e.